The molecule has 1 aliphatic heterocycles. The molecule has 6 nitrogen and oxygen atoms in total. The fourth-order valence-electron chi connectivity index (χ4n) is 3.64. The van der Waals surface area contributed by atoms with Gasteiger partial charge in [-0.1, -0.05) is 24.3 Å². The Morgan fingerprint density at radius 3 is 2.85 bits per heavy atom. The van der Waals surface area contributed by atoms with E-state index in [1.807, 2.05) is 27.0 Å². The lowest BCUT2D eigenvalue weighted by Gasteiger charge is -2.32. The summed E-state index contributed by atoms with van der Waals surface area (Å²) in [6, 6.07) is 10.2. The molecular formula is C20H23N5O. The Hall–Kier alpha value is -2.73. The number of nitrogens with one attached hydrogen (secondary N) is 1. The van der Waals surface area contributed by atoms with Crippen molar-refractivity contribution in [2.45, 2.75) is 32.9 Å². The fraction of sp³-hybridized carbons (Fsp3) is 0.350. The molecular weight excluding hydrogens is 326 g/mol. The van der Waals surface area contributed by atoms with Crippen LogP contribution in [0.15, 0.2) is 36.5 Å². The topological polar surface area (TPSA) is 63.1 Å². The number of nitrogens with zero attached hydrogens (tertiary/aromatic N) is 4. The van der Waals surface area contributed by atoms with E-state index in [1.54, 1.807) is 10.9 Å². The third-order valence-corrected chi connectivity index (χ3v) is 5.22. The maximum atomic E-state index is 12.7. The molecule has 0 aliphatic carbocycles. The molecule has 134 valence electrons. The molecule has 0 spiro atoms. The average molecular weight is 349 g/mol. The van der Waals surface area contributed by atoms with Crippen LogP contribution in [0.3, 0.4) is 0 Å². The number of hydrogen-bond donors (Lipinski definition) is 1. The molecule has 2 aromatic heterocycles. The summed E-state index contributed by atoms with van der Waals surface area (Å²) in [5.41, 5.74) is 5.14. The highest BCUT2D eigenvalue weighted by molar-refractivity contribution is 5.96. The molecule has 0 saturated heterocycles. The summed E-state index contributed by atoms with van der Waals surface area (Å²) in [5, 5.41) is 8.35. The summed E-state index contributed by atoms with van der Waals surface area (Å²) >= 11 is 0. The van der Waals surface area contributed by atoms with Gasteiger partial charge >= 0.3 is 0 Å². The Balaban J connectivity index is 1.49. The molecule has 1 amide bonds. The Bertz CT molecular complexity index is 977. The van der Waals surface area contributed by atoms with Crippen LogP contribution >= 0.6 is 0 Å². The van der Waals surface area contributed by atoms with E-state index in [1.165, 1.54) is 11.1 Å². The maximum Gasteiger partial charge on any atom is 0.241 e. The number of carbonyl (C=O) groups excluding carboxylic acids is 1. The minimum Gasteiger partial charge on any atom is -0.323 e. The summed E-state index contributed by atoms with van der Waals surface area (Å²) < 4.78 is 1.75. The first-order valence-electron chi connectivity index (χ1n) is 8.94. The molecule has 1 aliphatic rings. The van der Waals surface area contributed by atoms with Crippen molar-refractivity contribution in [3.05, 3.63) is 53.3 Å². The van der Waals surface area contributed by atoms with Gasteiger partial charge in [0.05, 0.1) is 23.6 Å². The molecule has 3 heterocycles. The van der Waals surface area contributed by atoms with Gasteiger partial charge in [0.2, 0.25) is 5.91 Å². The van der Waals surface area contributed by atoms with E-state index in [9.17, 15) is 4.79 Å². The fourth-order valence-corrected chi connectivity index (χ4v) is 3.64. The van der Waals surface area contributed by atoms with E-state index in [0.717, 1.165) is 36.2 Å². The molecule has 0 saturated carbocycles. The van der Waals surface area contributed by atoms with Crippen molar-refractivity contribution in [3.8, 4) is 0 Å². The molecule has 1 atom stereocenters. The number of amides is 1. The number of anilines is 1. The van der Waals surface area contributed by atoms with Crippen molar-refractivity contribution in [1.29, 1.82) is 0 Å². The summed E-state index contributed by atoms with van der Waals surface area (Å²) in [5.74, 6) is -0.00734. The third kappa shape index (κ3) is 2.97. The van der Waals surface area contributed by atoms with Crippen LogP contribution in [0.25, 0.3) is 11.0 Å². The van der Waals surface area contributed by atoms with Gasteiger partial charge in [-0.25, -0.2) is 4.98 Å². The smallest absolute Gasteiger partial charge is 0.241 e. The van der Waals surface area contributed by atoms with Crippen LogP contribution in [-0.4, -0.2) is 38.2 Å². The van der Waals surface area contributed by atoms with Crippen LogP contribution in [0.1, 0.15) is 23.7 Å². The van der Waals surface area contributed by atoms with Crippen LogP contribution in [-0.2, 0) is 24.8 Å². The first-order chi connectivity index (χ1) is 12.5. The molecule has 1 aromatic carbocycles. The third-order valence-electron chi connectivity index (χ3n) is 5.22. The highest BCUT2D eigenvalue weighted by Crippen LogP contribution is 2.22. The lowest BCUT2D eigenvalue weighted by Crippen LogP contribution is -2.44. The van der Waals surface area contributed by atoms with Crippen molar-refractivity contribution >= 4 is 22.6 Å². The standard InChI is InChI=1S/C20H23N5O/c1-13-18-10-17(11-21-19(18)24(3)23-13)22-20(26)14(2)25-9-8-15-6-4-5-7-16(15)12-25/h4-7,10-11,14H,8-9,12H2,1-3H3,(H,22,26)/t14-/m0/s1. The quantitative estimate of drug-likeness (QED) is 0.790. The SMILES string of the molecule is Cc1nn(C)c2ncc(NC(=O)[C@H](C)N3CCc4ccccc4C3)cc12. The van der Waals surface area contributed by atoms with Crippen LogP contribution < -0.4 is 5.32 Å². The zero-order valence-electron chi connectivity index (χ0n) is 15.4. The molecule has 0 unspecified atom stereocenters. The van der Waals surface area contributed by atoms with Crippen LogP contribution in [0, 0.1) is 6.92 Å². The number of pyridine rings is 1. The lowest BCUT2D eigenvalue weighted by atomic mass is 9.99. The first-order valence-corrected chi connectivity index (χ1v) is 8.94. The first kappa shape index (κ1) is 16.7. The van der Waals surface area contributed by atoms with Gasteiger partial charge in [-0.2, -0.15) is 5.10 Å². The van der Waals surface area contributed by atoms with Gasteiger partial charge in [0, 0.05) is 25.5 Å². The average Bonchev–Trinajstić information content (AvgIpc) is 2.94. The Labute approximate surface area is 152 Å². The van der Waals surface area contributed by atoms with Crippen molar-refractivity contribution in [2.24, 2.45) is 7.05 Å². The van der Waals surface area contributed by atoms with E-state index in [0.29, 0.717) is 5.69 Å². The highest BCUT2D eigenvalue weighted by atomic mass is 16.2. The van der Waals surface area contributed by atoms with Crippen molar-refractivity contribution < 1.29 is 4.79 Å². The van der Waals surface area contributed by atoms with Gasteiger partial charge in [-0.15, -0.1) is 0 Å². The van der Waals surface area contributed by atoms with E-state index < -0.39 is 0 Å². The van der Waals surface area contributed by atoms with Gasteiger partial charge in [0.1, 0.15) is 0 Å². The molecule has 0 radical (unpaired) electrons. The zero-order valence-corrected chi connectivity index (χ0v) is 15.4. The number of aromatic nitrogens is 3. The predicted molar refractivity (Wildman–Crippen MR) is 102 cm³/mol. The molecule has 0 fully saturated rings. The Morgan fingerprint density at radius 1 is 1.27 bits per heavy atom. The molecule has 3 aromatic rings. The zero-order chi connectivity index (χ0) is 18.3. The summed E-state index contributed by atoms with van der Waals surface area (Å²) in [7, 11) is 1.87. The molecule has 6 heteroatoms. The molecule has 1 N–H and O–H groups in total. The highest BCUT2D eigenvalue weighted by Gasteiger charge is 2.25. The number of rotatable bonds is 3. The van der Waals surface area contributed by atoms with Gasteiger partial charge in [-0.3, -0.25) is 14.4 Å². The second kappa shape index (κ2) is 6.53. The van der Waals surface area contributed by atoms with E-state index in [2.05, 4.69) is 44.6 Å². The van der Waals surface area contributed by atoms with Crippen LogP contribution in [0.2, 0.25) is 0 Å². The number of benzene rings is 1. The van der Waals surface area contributed by atoms with Crippen LogP contribution in [0.4, 0.5) is 5.69 Å². The Morgan fingerprint density at radius 2 is 2.04 bits per heavy atom. The minimum absolute atomic E-state index is 0.00734. The summed E-state index contributed by atoms with van der Waals surface area (Å²) in [6.07, 6.45) is 2.68. The Kier molecular flexibility index (Phi) is 4.20. The second-order valence-electron chi connectivity index (χ2n) is 6.96. The van der Waals surface area contributed by atoms with Crippen molar-refractivity contribution in [3.63, 3.8) is 0 Å². The molecule has 4 rings (SSSR count). The van der Waals surface area contributed by atoms with Crippen molar-refractivity contribution in [1.82, 2.24) is 19.7 Å². The van der Waals surface area contributed by atoms with Crippen LogP contribution in [0.5, 0.6) is 0 Å². The largest absolute Gasteiger partial charge is 0.323 e. The minimum atomic E-state index is -0.200. The number of hydrogen-bond acceptors (Lipinski definition) is 4. The lowest BCUT2D eigenvalue weighted by molar-refractivity contribution is -0.121. The number of aryl methyl sites for hydroxylation is 2. The van der Waals surface area contributed by atoms with Gasteiger partial charge < -0.3 is 5.32 Å². The van der Waals surface area contributed by atoms with Gasteiger partial charge in [-0.05, 0) is 37.5 Å². The number of fused-ring (bicyclic) bond motifs is 2. The normalized spacial score (nSPS) is 15.7. The summed E-state index contributed by atoms with van der Waals surface area (Å²) in [4.78, 5) is 19.4. The van der Waals surface area contributed by atoms with Crippen molar-refractivity contribution in [2.75, 3.05) is 11.9 Å². The van der Waals surface area contributed by atoms with Gasteiger partial charge in [0.25, 0.3) is 0 Å². The molecule has 26 heavy (non-hydrogen) atoms. The molecule has 0 bridgehead atoms. The predicted octanol–water partition coefficient (Wildman–Crippen LogP) is 2.66. The number of carbonyl (C=O) groups is 1. The van der Waals surface area contributed by atoms with E-state index in [4.69, 9.17) is 0 Å². The monoisotopic (exact) mass is 349 g/mol. The maximum absolute atomic E-state index is 12.7. The van der Waals surface area contributed by atoms with Gasteiger partial charge in [0.15, 0.2) is 5.65 Å². The van der Waals surface area contributed by atoms with E-state index >= 15 is 0 Å². The van der Waals surface area contributed by atoms with E-state index in [-0.39, 0.29) is 11.9 Å². The second-order valence-corrected chi connectivity index (χ2v) is 6.96. The summed E-state index contributed by atoms with van der Waals surface area (Å²) in [6.45, 7) is 5.61.